The van der Waals surface area contributed by atoms with E-state index in [2.05, 4.69) is 56.7 Å². The first-order chi connectivity index (χ1) is 13.1. The molecule has 0 saturated heterocycles. The van der Waals surface area contributed by atoms with Crippen molar-refractivity contribution in [3.05, 3.63) is 0 Å². The molecule has 0 amide bonds. The predicted molar refractivity (Wildman–Crippen MR) is 124 cm³/mol. The van der Waals surface area contributed by atoms with E-state index in [1.165, 1.54) is 71.0 Å². The van der Waals surface area contributed by atoms with Crippen molar-refractivity contribution in [2.75, 3.05) is 45.4 Å². The summed E-state index contributed by atoms with van der Waals surface area (Å²) in [6.07, 6.45) is 10.3. The molecule has 0 aromatic carbocycles. The first-order valence-electron chi connectivity index (χ1n) is 11.9. The summed E-state index contributed by atoms with van der Waals surface area (Å²) in [4.78, 5) is 5.27. The van der Waals surface area contributed by atoms with E-state index < -0.39 is 9.76 Å². The molecule has 0 spiro atoms. The number of nitrogens with one attached hydrogen (secondary N) is 1. The lowest BCUT2D eigenvalue weighted by molar-refractivity contribution is 0.189. The summed E-state index contributed by atoms with van der Waals surface area (Å²) in [6.45, 7) is 20.9. The molecule has 0 saturated carbocycles. The van der Waals surface area contributed by atoms with Crippen molar-refractivity contribution in [2.24, 2.45) is 0 Å². The second kappa shape index (κ2) is 19.4. The predicted octanol–water partition coefficient (Wildman–Crippen LogP) is 3.83. The highest BCUT2D eigenvalue weighted by Gasteiger charge is 2.10. The fraction of sp³-hybridized carbons (Fsp3) is 1.00. The van der Waals surface area contributed by atoms with Crippen molar-refractivity contribution >= 4 is 9.76 Å². The van der Waals surface area contributed by atoms with Crippen LogP contribution in [0.4, 0.5) is 0 Å². The van der Waals surface area contributed by atoms with Crippen molar-refractivity contribution in [3.63, 3.8) is 0 Å². The van der Waals surface area contributed by atoms with Crippen LogP contribution in [0.2, 0.25) is 0 Å². The van der Waals surface area contributed by atoms with E-state index in [-0.39, 0.29) is 0 Å². The molecule has 0 fully saturated rings. The van der Waals surface area contributed by atoms with Crippen LogP contribution in [0.3, 0.4) is 0 Å². The minimum Gasteiger partial charge on any atom is -0.420 e. The van der Waals surface area contributed by atoms with Crippen molar-refractivity contribution < 1.29 is 4.43 Å². The van der Waals surface area contributed by atoms with Gasteiger partial charge >= 0.3 is 0 Å². The normalized spacial score (nSPS) is 12.7. The highest BCUT2D eigenvalue weighted by Crippen LogP contribution is 2.03. The van der Waals surface area contributed by atoms with Crippen molar-refractivity contribution in [3.8, 4) is 0 Å². The Balaban J connectivity index is 4.26. The smallest absolute Gasteiger partial charge is 0.175 e. The fourth-order valence-corrected chi connectivity index (χ4v) is 5.27. The zero-order valence-electron chi connectivity index (χ0n) is 19.6. The van der Waals surface area contributed by atoms with E-state index in [4.69, 9.17) is 4.43 Å². The molecule has 0 radical (unpaired) electrons. The van der Waals surface area contributed by atoms with Gasteiger partial charge < -0.3 is 19.5 Å². The van der Waals surface area contributed by atoms with Crippen LogP contribution in [-0.2, 0) is 4.43 Å². The summed E-state index contributed by atoms with van der Waals surface area (Å²) in [5.74, 6) is 0. The Kier molecular flexibility index (Phi) is 19.4. The average Bonchev–Trinajstić information content (AvgIpc) is 2.70. The third kappa shape index (κ3) is 14.7. The van der Waals surface area contributed by atoms with Crippen LogP contribution in [0.15, 0.2) is 0 Å². The second-order valence-electron chi connectivity index (χ2n) is 7.76. The Morgan fingerprint density at radius 2 is 1.41 bits per heavy atom. The zero-order valence-corrected chi connectivity index (χ0v) is 21.0. The molecule has 0 bridgehead atoms. The van der Waals surface area contributed by atoms with Crippen LogP contribution in [-0.4, -0.2) is 77.1 Å². The summed E-state index contributed by atoms with van der Waals surface area (Å²) in [6, 6.07) is 0.693. The van der Waals surface area contributed by atoms with Crippen molar-refractivity contribution in [1.29, 1.82) is 0 Å². The minimum atomic E-state index is -0.434. The van der Waals surface area contributed by atoms with E-state index >= 15 is 0 Å². The van der Waals surface area contributed by atoms with Gasteiger partial charge in [0, 0.05) is 18.3 Å². The molecule has 0 aliphatic heterocycles. The van der Waals surface area contributed by atoms with Gasteiger partial charge in [-0.15, -0.1) is 0 Å². The molecule has 0 heterocycles. The van der Waals surface area contributed by atoms with Gasteiger partial charge in [0.2, 0.25) is 0 Å². The van der Waals surface area contributed by atoms with Gasteiger partial charge in [0.1, 0.15) is 0 Å². The largest absolute Gasteiger partial charge is 0.420 e. The lowest BCUT2D eigenvalue weighted by Crippen LogP contribution is -2.37. The highest BCUT2D eigenvalue weighted by atomic mass is 28.2. The van der Waals surface area contributed by atoms with Crippen LogP contribution < -0.4 is 5.32 Å². The highest BCUT2D eigenvalue weighted by molar-refractivity contribution is 6.27. The van der Waals surface area contributed by atoms with Crippen LogP contribution >= 0.6 is 0 Å². The number of nitrogens with zero attached hydrogens (tertiary/aromatic N) is 2. The first kappa shape index (κ1) is 27.1. The Morgan fingerprint density at radius 3 is 1.96 bits per heavy atom. The summed E-state index contributed by atoms with van der Waals surface area (Å²) in [5.41, 5.74) is 0. The molecule has 1 N–H and O–H groups in total. The molecule has 0 unspecified atom stereocenters. The molecular weight excluding hydrogens is 350 g/mol. The van der Waals surface area contributed by atoms with E-state index in [1.54, 1.807) is 0 Å². The fourth-order valence-electron chi connectivity index (χ4n) is 3.66. The lowest BCUT2D eigenvalue weighted by Gasteiger charge is -2.26. The maximum atomic E-state index is 6.21. The van der Waals surface area contributed by atoms with E-state index in [1.807, 2.05) is 0 Å². The van der Waals surface area contributed by atoms with Crippen LogP contribution in [0, 0.1) is 0 Å². The molecule has 0 aliphatic rings. The zero-order chi connectivity index (χ0) is 20.3. The summed E-state index contributed by atoms with van der Waals surface area (Å²) in [7, 11) is -0.434. The maximum absolute atomic E-state index is 6.21. The maximum Gasteiger partial charge on any atom is 0.175 e. The molecular formula is C22H51N3OSi. The Labute approximate surface area is 173 Å². The molecule has 0 aromatic heterocycles. The summed E-state index contributed by atoms with van der Waals surface area (Å²) in [5, 5.41) is 3.71. The van der Waals surface area contributed by atoms with E-state index in [0.717, 1.165) is 19.4 Å². The molecule has 0 rings (SSSR count). The van der Waals surface area contributed by atoms with Gasteiger partial charge in [-0.2, -0.15) is 0 Å². The first-order valence-corrected chi connectivity index (χ1v) is 13.5. The summed E-state index contributed by atoms with van der Waals surface area (Å²) < 4.78 is 6.21. The molecule has 5 heteroatoms. The molecule has 0 aromatic rings. The number of hydrogen-bond acceptors (Lipinski definition) is 4. The van der Waals surface area contributed by atoms with Gasteiger partial charge in [0.25, 0.3) is 0 Å². The van der Waals surface area contributed by atoms with Crippen molar-refractivity contribution in [1.82, 2.24) is 15.1 Å². The Bertz CT molecular complexity index is 299. The Hall–Kier alpha value is 0.0569. The average molecular weight is 402 g/mol. The van der Waals surface area contributed by atoms with Crippen LogP contribution in [0.25, 0.3) is 0 Å². The van der Waals surface area contributed by atoms with Gasteiger partial charge in [0.15, 0.2) is 9.76 Å². The van der Waals surface area contributed by atoms with Gasteiger partial charge in [-0.1, -0.05) is 41.5 Å². The van der Waals surface area contributed by atoms with Gasteiger partial charge in [0.05, 0.1) is 0 Å². The SMILES string of the molecule is CCCN(CC)CCCN(CCCNC(CC)CC)C[SiH2]OC(CC)CC. The van der Waals surface area contributed by atoms with Gasteiger partial charge in [-0.25, -0.2) is 0 Å². The van der Waals surface area contributed by atoms with Crippen molar-refractivity contribution in [2.45, 2.75) is 98.6 Å². The molecule has 0 aliphatic carbocycles. The second-order valence-corrected chi connectivity index (χ2v) is 8.95. The standard InChI is InChI=1S/C22H51N3OSi/c1-7-16-24(12-6)18-14-19-25(20-27-26-22(10-4)11-5)17-13-15-23-21(8-2)9-3/h21-23H,7-20,27H2,1-6H3. The van der Waals surface area contributed by atoms with Crippen LogP contribution in [0.1, 0.15) is 86.5 Å². The molecule has 27 heavy (non-hydrogen) atoms. The quantitative estimate of drug-likeness (QED) is 0.248. The summed E-state index contributed by atoms with van der Waals surface area (Å²) >= 11 is 0. The molecule has 0 atom stereocenters. The van der Waals surface area contributed by atoms with Crippen LogP contribution in [0.5, 0.6) is 0 Å². The molecule has 4 nitrogen and oxygen atoms in total. The Morgan fingerprint density at radius 1 is 0.778 bits per heavy atom. The number of rotatable bonds is 20. The topological polar surface area (TPSA) is 27.7 Å². The monoisotopic (exact) mass is 401 g/mol. The van der Waals surface area contributed by atoms with E-state index in [9.17, 15) is 0 Å². The third-order valence-corrected chi connectivity index (χ3v) is 7.20. The third-order valence-electron chi connectivity index (χ3n) is 5.68. The molecule has 164 valence electrons. The van der Waals surface area contributed by atoms with E-state index in [0.29, 0.717) is 12.1 Å². The lowest BCUT2D eigenvalue weighted by atomic mass is 10.2. The number of hydrogen-bond donors (Lipinski definition) is 1. The minimum absolute atomic E-state index is 0.434. The van der Waals surface area contributed by atoms with Gasteiger partial charge in [-0.3, -0.25) is 0 Å². The van der Waals surface area contributed by atoms with Gasteiger partial charge in [-0.05, 0) is 84.2 Å².